The molecule has 1 heteroatoms. The van der Waals surface area contributed by atoms with Gasteiger partial charge in [-0.25, -0.2) is 0 Å². The van der Waals surface area contributed by atoms with E-state index in [9.17, 15) is 0 Å². The average Bonchev–Trinajstić information content (AvgIpc) is 1.83. The highest BCUT2D eigenvalue weighted by molar-refractivity contribution is 4.94. The standard InChI is InChI=1S/C7H9N/c1-3-5-6-7(8)4-2/h1,4,8H2,2H3. The van der Waals surface area contributed by atoms with E-state index < -0.39 is 0 Å². The molecule has 1 nitrogen and oxygen atoms in total. The summed E-state index contributed by atoms with van der Waals surface area (Å²) in [5, 5.41) is 0. The second kappa shape index (κ2) is 4.05. The van der Waals surface area contributed by atoms with Gasteiger partial charge >= 0.3 is 0 Å². The Morgan fingerprint density at radius 3 is 2.75 bits per heavy atom. The molecule has 0 atom stereocenters. The zero-order chi connectivity index (χ0) is 6.41. The fourth-order valence-electron chi connectivity index (χ4n) is 0.213. The van der Waals surface area contributed by atoms with Gasteiger partial charge in [0.15, 0.2) is 0 Å². The van der Waals surface area contributed by atoms with Gasteiger partial charge in [-0.15, -0.1) is 0 Å². The molecule has 0 fully saturated rings. The van der Waals surface area contributed by atoms with Crippen molar-refractivity contribution < 1.29 is 0 Å². The topological polar surface area (TPSA) is 26.0 Å². The van der Waals surface area contributed by atoms with Crippen molar-refractivity contribution in [3.63, 3.8) is 0 Å². The maximum atomic E-state index is 5.33. The van der Waals surface area contributed by atoms with Crippen LogP contribution in [0.25, 0.3) is 0 Å². The summed E-state index contributed by atoms with van der Waals surface area (Å²) in [4.78, 5) is 0. The zero-order valence-corrected chi connectivity index (χ0v) is 4.99. The zero-order valence-electron chi connectivity index (χ0n) is 4.99. The largest absolute Gasteiger partial charge is 0.395 e. The summed E-state index contributed by atoms with van der Waals surface area (Å²) in [6, 6.07) is 0. The van der Waals surface area contributed by atoms with Gasteiger partial charge in [0.25, 0.3) is 0 Å². The molecule has 0 aliphatic heterocycles. The van der Waals surface area contributed by atoms with Crippen LogP contribution in [0.5, 0.6) is 0 Å². The van der Waals surface area contributed by atoms with Crippen LogP contribution in [0.3, 0.4) is 0 Å². The van der Waals surface area contributed by atoms with Crippen LogP contribution in [0.15, 0.2) is 29.5 Å². The number of allylic oxidation sites excluding steroid dienone is 1. The second-order valence-electron chi connectivity index (χ2n) is 1.31. The van der Waals surface area contributed by atoms with Crippen molar-refractivity contribution in [3.05, 3.63) is 29.5 Å². The molecular weight excluding hydrogens is 98.1 g/mol. The third kappa shape index (κ3) is 3.08. The molecule has 0 aromatic rings. The van der Waals surface area contributed by atoms with E-state index in [1.165, 1.54) is 0 Å². The van der Waals surface area contributed by atoms with Gasteiger partial charge in [0.1, 0.15) is 0 Å². The van der Waals surface area contributed by atoms with Crippen molar-refractivity contribution in [2.75, 3.05) is 0 Å². The van der Waals surface area contributed by atoms with Crippen molar-refractivity contribution >= 4 is 0 Å². The molecule has 0 unspecified atom stereocenters. The van der Waals surface area contributed by atoms with E-state index >= 15 is 0 Å². The van der Waals surface area contributed by atoms with E-state index in [1.807, 2.05) is 6.92 Å². The molecule has 2 N–H and O–H groups in total. The Kier molecular flexibility index (Phi) is 3.48. The van der Waals surface area contributed by atoms with E-state index in [0.717, 1.165) is 6.42 Å². The molecule has 0 bridgehead atoms. The monoisotopic (exact) mass is 107 g/mol. The molecular formula is C7H9N. The average molecular weight is 107 g/mol. The molecule has 0 spiro atoms. The summed E-state index contributed by atoms with van der Waals surface area (Å²) in [5.74, 6) is 0. The molecule has 0 radical (unpaired) electrons. The first-order chi connectivity index (χ1) is 3.81. The van der Waals surface area contributed by atoms with E-state index in [2.05, 4.69) is 23.8 Å². The van der Waals surface area contributed by atoms with Gasteiger partial charge in [0.05, 0.1) is 5.70 Å². The van der Waals surface area contributed by atoms with Crippen LogP contribution in [0, 0.1) is 0 Å². The highest BCUT2D eigenvalue weighted by atomic mass is 14.5. The van der Waals surface area contributed by atoms with Crippen molar-refractivity contribution in [1.29, 1.82) is 0 Å². The van der Waals surface area contributed by atoms with Gasteiger partial charge in [-0.3, -0.25) is 0 Å². The number of nitrogens with two attached hydrogens (primary N) is 1. The summed E-state index contributed by atoms with van der Waals surface area (Å²) >= 11 is 0. The van der Waals surface area contributed by atoms with E-state index in [-0.39, 0.29) is 0 Å². The maximum Gasteiger partial charge on any atom is 0.0599 e. The molecule has 0 amide bonds. The maximum absolute atomic E-state index is 5.33. The third-order valence-corrected chi connectivity index (χ3v) is 0.692. The summed E-state index contributed by atoms with van der Waals surface area (Å²) in [6.45, 7) is 5.25. The second-order valence-corrected chi connectivity index (χ2v) is 1.31. The fourth-order valence-corrected chi connectivity index (χ4v) is 0.213. The van der Waals surface area contributed by atoms with E-state index in [0.29, 0.717) is 5.70 Å². The third-order valence-electron chi connectivity index (χ3n) is 0.692. The van der Waals surface area contributed by atoms with Gasteiger partial charge in [-0.2, -0.15) is 0 Å². The van der Waals surface area contributed by atoms with Crippen molar-refractivity contribution in [3.8, 4) is 0 Å². The van der Waals surface area contributed by atoms with Crippen LogP contribution in [0.2, 0.25) is 0 Å². The van der Waals surface area contributed by atoms with E-state index in [1.54, 1.807) is 0 Å². The Balaban J connectivity index is 4.37. The lowest BCUT2D eigenvalue weighted by Crippen LogP contribution is -1.90. The van der Waals surface area contributed by atoms with Crippen LogP contribution >= 0.6 is 0 Å². The molecule has 0 heterocycles. The van der Waals surface area contributed by atoms with Crippen LogP contribution in [0.4, 0.5) is 0 Å². The summed E-state index contributed by atoms with van der Waals surface area (Å²) in [7, 11) is 0. The number of hydrogen-bond donors (Lipinski definition) is 1. The molecule has 0 saturated carbocycles. The van der Waals surface area contributed by atoms with Gasteiger partial charge in [-0.05, 0) is 24.5 Å². The Morgan fingerprint density at radius 1 is 1.75 bits per heavy atom. The molecule has 0 rings (SSSR count). The molecule has 0 aromatic heterocycles. The van der Waals surface area contributed by atoms with Crippen molar-refractivity contribution in [2.45, 2.75) is 13.3 Å². The molecule has 0 aliphatic carbocycles. The van der Waals surface area contributed by atoms with Gasteiger partial charge < -0.3 is 5.73 Å². The Morgan fingerprint density at radius 2 is 2.38 bits per heavy atom. The number of hydrogen-bond acceptors (Lipinski definition) is 1. The SMILES string of the molecule is C=C=C=C=C(N)CC. The Bertz CT molecular complexity index is 173. The van der Waals surface area contributed by atoms with Crippen LogP contribution in [-0.2, 0) is 0 Å². The van der Waals surface area contributed by atoms with Gasteiger partial charge in [-0.1, -0.05) is 12.7 Å². The molecule has 0 aliphatic rings. The summed E-state index contributed by atoms with van der Waals surface area (Å²) < 4.78 is 0. The normalized spacial score (nSPS) is 6.12. The van der Waals surface area contributed by atoms with Gasteiger partial charge in [0.2, 0.25) is 0 Å². The molecule has 42 valence electrons. The molecule has 0 saturated heterocycles. The lowest BCUT2D eigenvalue weighted by Gasteiger charge is -1.81. The Hall–Kier alpha value is -1.12. The lowest BCUT2D eigenvalue weighted by molar-refractivity contribution is 1.07. The Labute approximate surface area is 49.5 Å². The fraction of sp³-hybridized carbons (Fsp3) is 0.286. The molecule has 8 heavy (non-hydrogen) atoms. The predicted octanol–water partition coefficient (Wildman–Crippen LogP) is 1.33. The summed E-state index contributed by atoms with van der Waals surface area (Å²) in [5.41, 5.74) is 13.6. The van der Waals surface area contributed by atoms with Crippen molar-refractivity contribution in [1.82, 2.24) is 0 Å². The highest BCUT2D eigenvalue weighted by Crippen LogP contribution is 1.82. The van der Waals surface area contributed by atoms with Crippen LogP contribution in [0.1, 0.15) is 13.3 Å². The predicted molar refractivity (Wildman–Crippen MR) is 34.2 cm³/mol. The summed E-state index contributed by atoms with van der Waals surface area (Å²) in [6.07, 6.45) is 0.800. The lowest BCUT2D eigenvalue weighted by atomic mass is 10.4. The minimum Gasteiger partial charge on any atom is -0.395 e. The smallest absolute Gasteiger partial charge is 0.0599 e. The van der Waals surface area contributed by atoms with Crippen molar-refractivity contribution in [2.24, 2.45) is 5.73 Å². The number of rotatable bonds is 1. The minimum atomic E-state index is 0.682. The first kappa shape index (κ1) is 6.88. The minimum absolute atomic E-state index is 0.682. The van der Waals surface area contributed by atoms with E-state index in [4.69, 9.17) is 5.73 Å². The first-order valence-corrected chi connectivity index (χ1v) is 2.45. The molecule has 0 aromatic carbocycles. The highest BCUT2D eigenvalue weighted by Gasteiger charge is 1.73. The van der Waals surface area contributed by atoms with Crippen LogP contribution < -0.4 is 5.73 Å². The van der Waals surface area contributed by atoms with Gasteiger partial charge in [0, 0.05) is 0 Å². The quantitative estimate of drug-likeness (QED) is 0.503. The van der Waals surface area contributed by atoms with Crippen LogP contribution in [-0.4, -0.2) is 0 Å². The first-order valence-electron chi connectivity index (χ1n) is 2.45.